The van der Waals surface area contributed by atoms with Crippen molar-refractivity contribution in [2.24, 2.45) is 5.73 Å². The number of methoxy groups -OCH3 is 1. The molecule has 0 atom stereocenters. The quantitative estimate of drug-likeness (QED) is 0.649. The zero-order chi connectivity index (χ0) is 10.6. The molecule has 0 radical (unpaired) electrons. The van der Waals surface area contributed by atoms with Gasteiger partial charge < -0.3 is 20.9 Å². The average molecular weight is 196 g/mol. The molecule has 0 spiro atoms. The first-order valence-corrected chi connectivity index (χ1v) is 4.04. The van der Waals surface area contributed by atoms with Crippen LogP contribution in [0.1, 0.15) is 0 Å². The van der Waals surface area contributed by atoms with Crippen LogP contribution >= 0.6 is 0 Å². The SMILES string of the molecule is COc1ccc(NC(=O)CN)cc1O. The smallest absolute Gasteiger partial charge is 0.238 e. The Morgan fingerprint density at radius 3 is 2.86 bits per heavy atom. The summed E-state index contributed by atoms with van der Waals surface area (Å²) in [6, 6.07) is 4.57. The molecule has 76 valence electrons. The molecule has 14 heavy (non-hydrogen) atoms. The second kappa shape index (κ2) is 4.48. The maximum Gasteiger partial charge on any atom is 0.238 e. The van der Waals surface area contributed by atoms with E-state index in [4.69, 9.17) is 10.5 Å². The van der Waals surface area contributed by atoms with E-state index in [-0.39, 0.29) is 18.2 Å². The Labute approximate surface area is 81.5 Å². The van der Waals surface area contributed by atoms with Crippen LogP contribution in [0.5, 0.6) is 11.5 Å². The van der Waals surface area contributed by atoms with Crippen molar-refractivity contribution in [2.45, 2.75) is 0 Å². The van der Waals surface area contributed by atoms with Crippen molar-refractivity contribution in [3.05, 3.63) is 18.2 Å². The number of phenols is 1. The summed E-state index contributed by atoms with van der Waals surface area (Å²) in [5.74, 6) is 0.0210. The van der Waals surface area contributed by atoms with Crippen LogP contribution < -0.4 is 15.8 Å². The summed E-state index contributed by atoms with van der Waals surface area (Å²) in [6.07, 6.45) is 0. The lowest BCUT2D eigenvalue weighted by Crippen LogP contribution is -2.21. The summed E-state index contributed by atoms with van der Waals surface area (Å²) >= 11 is 0. The molecule has 1 amide bonds. The zero-order valence-corrected chi connectivity index (χ0v) is 7.78. The second-order valence-electron chi connectivity index (χ2n) is 2.64. The predicted molar refractivity (Wildman–Crippen MR) is 52.3 cm³/mol. The lowest BCUT2D eigenvalue weighted by atomic mass is 10.2. The molecule has 5 heteroatoms. The summed E-state index contributed by atoms with van der Waals surface area (Å²) in [5, 5.41) is 11.9. The monoisotopic (exact) mass is 196 g/mol. The number of hydrogen-bond acceptors (Lipinski definition) is 4. The molecule has 1 rings (SSSR count). The fourth-order valence-electron chi connectivity index (χ4n) is 0.980. The largest absolute Gasteiger partial charge is 0.504 e. The predicted octanol–water partition coefficient (Wildman–Crippen LogP) is 0.298. The van der Waals surface area contributed by atoms with Crippen molar-refractivity contribution in [2.75, 3.05) is 19.0 Å². The molecule has 0 aliphatic rings. The number of ether oxygens (including phenoxy) is 1. The minimum atomic E-state index is -0.311. The van der Waals surface area contributed by atoms with Crippen LogP contribution in [-0.2, 0) is 4.79 Å². The van der Waals surface area contributed by atoms with Crippen LogP contribution in [0, 0.1) is 0 Å². The maximum absolute atomic E-state index is 10.9. The standard InChI is InChI=1S/C9H12N2O3/c1-14-8-3-2-6(4-7(8)12)11-9(13)5-10/h2-4,12H,5,10H2,1H3,(H,11,13). The van der Waals surface area contributed by atoms with Gasteiger partial charge in [-0.2, -0.15) is 0 Å². The van der Waals surface area contributed by atoms with Crippen molar-refractivity contribution in [1.29, 1.82) is 0 Å². The van der Waals surface area contributed by atoms with Gasteiger partial charge >= 0.3 is 0 Å². The Morgan fingerprint density at radius 1 is 1.64 bits per heavy atom. The first kappa shape index (κ1) is 10.3. The number of phenolic OH excluding ortho intramolecular Hbond substituents is 1. The molecule has 5 nitrogen and oxygen atoms in total. The van der Waals surface area contributed by atoms with Crippen LogP contribution in [0.2, 0.25) is 0 Å². The fourth-order valence-corrected chi connectivity index (χ4v) is 0.980. The molecule has 0 saturated heterocycles. The van der Waals surface area contributed by atoms with Gasteiger partial charge in [0.25, 0.3) is 0 Å². The van der Waals surface area contributed by atoms with Crippen LogP contribution in [0.25, 0.3) is 0 Å². The lowest BCUT2D eigenvalue weighted by Gasteiger charge is -2.06. The second-order valence-corrected chi connectivity index (χ2v) is 2.64. The van der Waals surface area contributed by atoms with Crippen LogP contribution in [0.3, 0.4) is 0 Å². The number of nitrogens with two attached hydrogens (primary N) is 1. The molecular weight excluding hydrogens is 184 g/mol. The highest BCUT2D eigenvalue weighted by Gasteiger charge is 2.04. The van der Waals surface area contributed by atoms with E-state index < -0.39 is 0 Å². The minimum Gasteiger partial charge on any atom is -0.504 e. The van der Waals surface area contributed by atoms with E-state index >= 15 is 0 Å². The molecule has 0 saturated carbocycles. The van der Waals surface area contributed by atoms with E-state index in [0.717, 1.165) is 0 Å². The molecule has 0 aliphatic heterocycles. The van der Waals surface area contributed by atoms with E-state index in [1.54, 1.807) is 12.1 Å². The number of rotatable bonds is 3. The molecule has 1 aromatic carbocycles. The number of anilines is 1. The summed E-state index contributed by atoms with van der Waals surface area (Å²) < 4.78 is 4.84. The molecule has 0 aromatic heterocycles. The Bertz CT molecular complexity index is 339. The molecule has 0 bridgehead atoms. The third-order valence-corrected chi connectivity index (χ3v) is 1.65. The molecule has 4 N–H and O–H groups in total. The highest BCUT2D eigenvalue weighted by Crippen LogP contribution is 2.28. The van der Waals surface area contributed by atoms with E-state index in [2.05, 4.69) is 5.32 Å². The number of nitrogens with one attached hydrogen (secondary N) is 1. The van der Waals surface area contributed by atoms with Crippen molar-refractivity contribution in [3.63, 3.8) is 0 Å². The van der Waals surface area contributed by atoms with Gasteiger partial charge in [0, 0.05) is 11.8 Å². The van der Waals surface area contributed by atoms with Crippen LogP contribution in [0.15, 0.2) is 18.2 Å². The van der Waals surface area contributed by atoms with Gasteiger partial charge in [0.2, 0.25) is 5.91 Å². The normalized spacial score (nSPS) is 9.57. The zero-order valence-electron chi connectivity index (χ0n) is 7.78. The Balaban J connectivity index is 2.81. The van der Waals surface area contributed by atoms with Gasteiger partial charge in [-0.05, 0) is 12.1 Å². The first-order valence-electron chi connectivity index (χ1n) is 4.04. The van der Waals surface area contributed by atoms with Crippen LogP contribution in [-0.4, -0.2) is 24.7 Å². The number of hydrogen-bond donors (Lipinski definition) is 3. The van der Waals surface area contributed by atoms with Gasteiger partial charge in [-0.15, -0.1) is 0 Å². The first-order chi connectivity index (χ1) is 6.67. The third-order valence-electron chi connectivity index (χ3n) is 1.65. The Kier molecular flexibility index (Phi) is 3.30. The van der Waals surface area contributed by atoms with Gasteiger partial charge in [-0.25, -0.2) is 0 Å². The Hall–Kier alpha value is -1.75. The molecule has 0 fully saturated rings. The number of amides is 1. The number of carbonyl (C=O) groups is 1. The lowest BCUT2D eigenvalue weighted by molar-refractivity contribution is -0.114. The van der Waals surface area contributed by atoms with Crippen molar-refractivity contribution >= 4 is 11.6 Å². The molecule has 0 heterocycles. The van der Waals surface area contributed by atoms with Crippen LogP contribution in [0.4, 0.5) is 5.69 Å². The summed E-state index contributed by atoms with van der Waals surface area (Å²) in [4.78, 5) is 10.9. The fraction of sp³-hybridized carbons (Fsp3) is 0.222. The van der Waals surface area contributed by atoms with E-state index in [0.29, 0.717) is 11.4 Å². The number of aromatic hydroxyl groups is 1. The number of carbonyl (C=O) groups excluding carboxylic acids is 1. The van der Waals surface area contributed by atoms with Crippen molar-refractivity contribution in [1.82, 2.24) is 0 Å². The molecular formula is C9H12N2O3. The van der Waals surface area contributed by atoms with Gasteiger partial charge in [-0.1, -0.05) is 0 Å². The van der Waals surface area contributed by atoms with Gasteiger partial charge in [0.05, 0.1) is 13.7 Å². The summed E-state index contributed by atoms with van der Waals surface area (Å²) in [6.45, 7) is -0.0905. The third kappa shape index (κ3) is 2.37. The number of benzene rings is 1. The molecule has 1 aromatic rings. The van der Waals surface area contributed by atoms with Gasteiger partial charge in [0.1, 0.15) is 0 Å². The maximum atomic E-state index is 10.9. The summed E-state index contributed by atoms with van der Waals surface area (Å²) in [5.41, 5.74) is 5.60. The van der Waals surface area contributed by atoms with Crippen molar-refractivity contribution < 1.29 is 14.6 Å². The van der Waals surface area contributed by atoms with Gasteiger partial charge in [-0.3, -0.25) is 4.79 Å². The van der Waals surface area contributed by atoms with E-state index in [9.17, 15) is 9.90 Å². The average Bonchev–Trinajstić information content (AvgIpc) is 2.18. The Morgan fingerprint density at radius 2 is 2.36 bits per heavy atom. The highest BCUT2D eigenvalue weighted by molar-refractivity contribution is 5.92. The van der Waals surface area contributed by atoms with E-state index in [1.807, 2.05) is 0 Å². The molecule has 0 unspecified atom stereocenters. The molecule has 0 aliphatic carbocycles. The summed E-state index contributed by atoms with van der Waals surface area (Å²) in [7, 11) is 1.45. The highest BCUT2D eigenvalue weighted by atomic mass is 16.5. The van der Waals surface area contributed by atoms with Gasteiger partial charge in [0.15, 0.2) is 11.5 Å². The van der Waals surface area contributed by atoms with Crippen molar-refractivity contribution in [3.8, 4) is 11.5 Å². The van der Waals surface area contributed by atoms with E-state index in [1.165, 1.54) is 13.2 Å². The minimum absolute atomic E-state index is 0.0256. The topological polar surface area (TPSA) is 84.6 Å².